The number of nitro groups is 1. The van der Waals surface area contributed by atoms with Crippen LogP contribution in [0.4, 0.5) is 28.7 Å². The van der Waals surface area contributed by atoms with Gasteiger partial charge in [-0.2, -0.15) is 0 Å². The molecule has 126 valence electrons. The average molecular weight is 401 g/mol. The number of benzene rings is 2. The largest absolute Gasteiger partial charge is 0.355 e. The van der Waals surface area contributed by atoms with Crippen LogP contribution >= 0.6 is 15.9 Å². The van der Waals surface area contributed by atoms with E-state index >= 15 is 0 Å². The number of nitrogens with zero attached hydrogens (tertiary/aromatic N) is 3. The predicted molar refractivity (Wildman–Crippen MR) is 99.8 cm³/mol. The van der Waals surface area contributed by atoms with E-state index in [4.69, 9.17) is 0 Å². The number of halogens is 1. The first-order valence-corrected chi connectivity index (χ1v) is 8.02. The van der Waals surface area contributed by atoms with Crippen LogP contribution in [0.1, 0.15) is 0 Å². The van der Waals surface area contributed by atoms with E-state index < -0.39 is 4.92 Å². The normalized spacial score (nSPS) is 10.1. The van der Waals surface area contributed by atoms with Gasteiger partial charge in [-0.1, -0.05) is 40.2 Å². The highest BCUT2D eigenvalue weighted by Crippen LogP contribution is 2.31. The molecule has 0 saturated heterocycles. The Balaban J connectivity index is 1.87. The van der Waals surface area contributed by atoms with Crippen molar-refractivity contribution >= 4 is 44.6 Å². The summed E-state index contributed by atoms with van der Waals surface area (Å²) in [7, 11) is 0. The fraction of sp³-hybridized carbons (Fsp3) is 0. The minimum atomic E-state index is -0.532. The number of hydrogen-bond donors (Lipinski definition) is 3. The molecule has 1 aromatic heterocycles. The molecule has 9 heteroatoms. The quantitative estimate of drug-likeness (QED) is 0.417. The maximum Gasteiger partial charge on any atom is 0.355 e. The van der Waals surface area contributed by atoms with Gasteiger partial charge in [-0.3, -0.25) is 21.0 Å². The van der Waals surface area contributed by atoms with Gasteiger partial charge < -0.3 is 5.32 Å². The first kappa shape index (κ1) is 16.7. The lowest BCUT2D eigenvalue weighted by Crippen LogP contribution is -2.13. The number of nitrogens with one attached hydrogen (secondary N) is 3. The third kappa shape index (κ3) is 4.21. The zero-order valence-electron chi connectivity index (χ0n) is 12.8. The van der Waals surface area contributed by atoms with Crippen LogP contribution in [0.2, 0.25) is 0 Å². The highest BCUT2D eigenvalue weighted by atomic mass is 79.9. The van der Waals surface area contributed by atoms with Gasteiger partial charge in [0.05, 0.1) is 10.6 Å². The second-order valence-corrected chi connectivity index (χ2v) is 5.84. The maximum absolute atomic E-state index is 11.5. The smallest absolute Gasteiger partial charge is 0.334 e. The molecular formula is C16H13BrN6O2. The van der Waals surface area contributed by atoms with Crippen molar-refractivity contribution in [1.82, 2.24) is 9.97 Å². The van der Waals surface area contributed by atoms with E-state index in [0.717, 1.165) is 10.2 Å². The van der Waals surface area contributed by atoms with Crippen LogP contribution in [-0.4, -0.2) is 14.9 Å². The number of hydrogen-bond acceptors (Lipinski definition) is 7. The predicted octanol–water partition coefficient (Wildman–Crippen LogP) is 4.33. The molecule has 0 radical (unpaired) electrons. The summed E-state index contributed by atoms with van der Waals surface area (Å²) in [6, 6.07) is 16.5. The Bertz CT molecular complexity index is 891. The highest BCUT2D eigenvalue weighted by molar-refractivity contribution is 9.10. The van der Waals surface area contributed by atoms with Gasteiger partial charge in [-0.15, -0.1) is 0 Å². The van der Waals surface area contributed by atoms with Gasteiger partial charge in [0.15, 0.2) is 0 Å². The minimum Gasteiger partial charge on any atom is -0.334 e. The van der Waals surface area contributed by atoms with Crippen molar-refractivity contribution in [3.63, 3.8) is 0 Å². The molecule has 0 spiro atoms. The zero-order valence-corrected chi connectivity index (χ0v) is 14.4. The molecule has 0 amide bonds. The van der Waals surface area contributed by atoms with E-state index in [2.05, 4.69) is 42.1 Å². The molecule has 0 atom stereocenters. The minimum absolute atomic E-state index is 0.0568. The van der Waals surface area contributed by atoms with Gasteiger partial charge in [0, 0.05) is 10.2 Å². The molecule has 0 bridgehead atoms. The van der Waals surface area contributed by atoms with E-state index in [1.54, 1.807) is 12.1 Å². The third-order valence-electron chi connectivity index (χ3n) is 3.19. The molecule has 3 aromatic rings. The number of anilines is 4. The monoisotopic (exact) mass is 400 g/mol. The third-order valence-corrected chi connectivity index (χ3v) is 3.68. The van der Waals surface area contributed by atoms with E-state index in [1.165, 1.54) is 6.33 Å². The summed E-state index contributed by atoms with van der Waals surface area (Å²) in [5.41, 5.74) is 6.79. The summed E-state index contributed by atoms with van der Waals surface area (Å²) in [5, 5.41) is 14.5. The van der Waals surface area contributed by atoms with Gasteiger partial charge in [0.1, 0.15) is 6.33 Å². The molecule has 3 rings (SSSR count). The maximum atomic E-state index is 11.5. The number of hydrazine groups is 1. The average Bonchev–Trinajstić information content (AvgIpc) is 2.61. The van der Waals surface area contributed by atoms with Gasteiger partial charge in [0.25, 0.3) is 0 Å². The number of rotatable bonds is 6. The molecule has 0 saturated carbocycles. The van der Waals surface area contributed by atoms with Crippen molar-refractivity contribution in [1.29, 1.82) is 0 Å². The summed E-state index contributed by atoms with van der Waals surface area (Å²) in [4.78, 5) is 18.9. The van der Waals surface area contributed by atoms with Crippen molar-refractivity contribution in [2.45, 2.75) is 0 Å². The Kier molecular flexibility index (Phi) is 5.05. The number of aromatic nitrogens is 2. The Hall–Kier alpha value is -3.20. The van der Waals surface area contributed by atoms with E-state index in [1.807, 2.05) is 42.5 Å². The molecule has 1 heterocycles. The van der Waals surface area contributed by atoms with Gasteiger partial charge in [0.2, 0.25) is 11.6 Å². The second-order valence-electron chi connectivity index (χ2n) is 4.93. The molecule has 2 aromatic carbocycles. The van der Waals surface area contributed by atoms with Gasteiger partial charge in [-0.25, -0.2) is 9.97 Å². The Morgan fingerprint density at radius 1 is 0.920 bits per heavy atom. The standard InChI is InChI=1S/C16H13BrN6O2/c17-11-5-4-8-13(9-11)20-15-14(23(24)25)16(19-10-18-15)22-21-12-6-2-1-3-7-12/h1-10,21H,(H2,18,19,20,22). The molecule has 0 unspecified atom stereocenters. The summed E-state index contributed by atoms with van der Waals surface area (Å²) in [6.07, 6.45) is 1.25. The van der Waals surface area contributed by atoms with Crippen LogP contribution in [-0.2, 0) is 0 Å². The second kappa shape index (κ2) is 7.58. The molecule has 0 aliphatic heterocycles. The number of para-hydroxylation sites is 1. The van der Waals surface area contributed by atoms with Crippen LogP contribution < -0.4 is 16.2 Å². The van der Waals surface area contributed by atoms with Crippen LogP contribution in [0.3, 0.4) is 0 Å². The van der Waals surface area contributed by atoms with Crippen LogP contribution in [0.25, 0.3) is 0 Å². The molecule has 0 aliphatic rings. The molecule has 0 fully saturated rings. The fourth-order valence-electron chi connectivity index (χ4n) is 2.09. The van der Waals surface area contributed by atoms with Crippen molar-refractivity contribution in [2.75, 3.05) is 16.2 Å². The summed E-state index contributed by atoms with van der Waals surface area (Å²) in [5.74, 6) is 0.150. The highest BCUT2D eigenvalue weighted by Gasteiger charge is 2.23. The Morgan fingerprint density at radius 3 is 2.36 bits per heavy atom. The Labute approximate surface area is 151 Å². The van der Waals surface area contributed by atoms with Crippen LogP contribution in [0.5, 0.6) is 0 Å². The van der Waals surface area contributed by atoms with Crippen molar-refractivity contribution in [3.05, 3.63) is 75.5 Å². The molecule has 3 N–H and O–H groups in total. The fourth-order valence-corrected chi connectivity index (χ4v) is 2.49. The summed E-state index contributed by atoms with van der Waals surface area (Å²) in [6.45, 7) is 0. The van der Waals surface area contributed by atoms with Crippen molar-refractivity contribution in [3.8, 4) is 0 Å². The Morgan fingerprint density at radius 2 is 1.64 bits per heavy atom. The topological polar surface area (TPSA) is 105 Å². The van der Waals surface area contributed by atoms with Crippen molar-refractivity contribution < 1.29 is 4.92 Å². The van der Waals surface area contributed by atoms with Crippen LogP contribution in [0, 0.1) is 10.1 Å². The van der Waals surface area contributed by atoms with Crippen molar-refractivity contribution in [2.24, 2.45) is 0 Å². The zero-order chi connectivity index (χ0) is 17.6. The van der Waals surface area contributed by atoms with Gasteiger partial charge >= 0.3 is 5.69 Å². The van der Waals surface area contributed by atoms with E-state index in [0.29, 0.717) is 5.69 Å². The lowest BCUT2D eigenvalue weighted by molar-refractivity contribution is -0.383. The molecule has 0 aliphatic carbocycles. The summed E-state index contributed by atoms with van der Waals surface area (Å²) < 4.78 is 0.846. The summed E-state index contributed by atoms with van der Waals surface area (Å²) >= 11 is 3.36. The van der Waals surface area contributed by atoms with Gasteiger partial charge in [-0.05, 0) is 30.3 Å². The van der Waals surface area contributed by atoms with E-state index in [9.17, 15) is 10.1 Å². The SMILES string of the molecule is O=[N+]([O-])c1c(NNc2ccccc2)ncnc1Nc1cccc(Br)c1. The first-order valence-electron chi connectivity index (χ1n) is 7.22. The molecule has 25 heavy (non-hydrogen) atoms. The molecular weight excluding hydrogens is 388 g/mol. The molecule has 8 nitrogen and oxygen atoms in total. The van der Waals surface area contributed by atoms with E-state index in [-0.39, 0.29) is 17.3 Å². The lowest BCUT2D eigenvalue weighted by Gasteiger charge is -2.11. The first-order chi connectivity index (χ1) is 12.1. The lowest BCUT2D eigenvalue weighted by atomic mass is 10.3. The van der Waals surface area contributed by atoms with Crippen LogP contribution in [0.15, 0.2) is 65.4 Å².